The number of methoxy groups -OCH3 is 1. The van der Waals surface area contributed by atoms with Crippen molar-refractivity contribution in [3.8, 4) is 5.75 Å². The van der Waals surface area contributed by atoms with Crippen molar-refractivity contribution < 1.29 is 14.8 Å². The minimum atomic E-state index is -0.462. The summed E-state index contributed by atoms with van der Waals surface area (Å²) in [5.74, 6) is 0.252. The van der Waals surface area contributed by atoms with E-state index in [1.165, 1.54) is 13.2 Å². The van der Waals surface area contributed by atoms with Gasteiger partial charge in [0.05, 0.1) is 12.0 Å². The molecule has 104 valence electrons. The van der Waals surface area contributed by atoms with Crippen LogP contribution in [0.3, 0.4) is 0 Å². The van der Waals surface area contributed by atoms with Gasteiger partial charge >= 0.3 is 5.69 Å². The van der Waals surface area contributed by atoms with Gasteiger partial charge in [0.15, 0.2) is 5.75 Å². The molecule has 0 unspecified atom stereocenters. The lowest BCUT2D eigenvalue weighted by molar-refractivity contribution is -0.385. The van der Waals surface area contributed by atoms with Crippen LogP contribution in [0.1, 0.15) is 19.3 Å². The number of hydrogen-bond donors (Lipinski definition) is 2. The van der Waals surface area contributed by atoms with Crippen LogP contribution in [0.15, 0.2) is 18.2 Å². The third-order valence-electron chi connectivity index (χ3n) is 3.64. The number of nitrogens with zero attached hydrogens (tertiary/aromatic N) is 1. The van der Waals surface area contributed by atoms with Gasteiger partial charge in [0.25, 0.3) is 0 Å². The molecule has 0 atom stereocenters. The molecule has 2 N–H and O–H groups in total. The number of benzene rings is 1. The first kappa shape index (κ1) is 13.6. The fourth-order valence-electron chi connectivity index (χ4n) is 2.16. The van der Waals surface area contributed by atoms with Gasteiger partial charge in [-0.25, -0.2) is 0 Å². The van der Waals surface area contributed by atoms with Crippen LogP contribution in [-0.2, 0) is 0 Å². The minimum absolute atomic E-state index is 0.0375. The van der Waals surface area contributed by atoms with Crippen molar-refractivity contribution in [1.29, 1.82) is 0 Å². The monoisotopic (exact) mass is 266 g/mol. The van der Waals surface area contributed by atoms with E-state index in [2.05, 4.69) is 5.32 Å². The molecule has 0 bridgehead atoms. The van der Waals surface area contributed by atoms with E-state index >= 15 is 0 Å². The van der Waals surface area contributed by atoms with Crippen LogP contribution in [0, 0.1) is 15.5 Å². The molecule has 0 saturated heterocycles. The number of nitro groups is 1. The molecule has 6 heteroatoms. The second-order valence-corrected chi connectivity index (χ2v) is 4.97. The van der Waals surface area contributed by atoms with E-state index in [9.17, 15) is 10.1 Å². The summed E-state index contributed by atoms with van der Waals surface area (Å²) >= 11 is 0. The Bertz CT molecular complexity index is 472. The molecular weight excluding hydrogens is 248 g/mol. The number of anilines is 1. The summed E-state index contributed by atoms with van der Waals surface area (Å²) in [7, 11) is 1.42. The number of rotatable bonds is 7. The summed E-state index contributed by atoms with van der Waals surface area (Å²) in [5, 5.41) is 23.0. The van der Waals surface area contributed by atoms with Crippen LogP contribution in [0.5, 0.6) is 5.75 Å². The lowest BCUT2D eigenvalue weighted by Crippen LogP contribution is -2.16. The van der Waals surface area contributed by atoms with Gasteiger partial charge in [-0.2, -0.15) is 0 Å². The largest absolute Gasteiger partial charge is 0.490 e. The zero-order valence-corrected chi connectivity index (χ0v) is 10.9. The molecule has 0 radical (unpaired) electrons. The Hall–Kier alpha value is -1.82. The summed E-state index contributed by atoms with van der Waals surface area (Å²) in [6.07, 6.45) is 3.03. The number of nitro benzene ring substituents is 1. The molecule has 1 aromatic rings. The second-order valence-electron chi connectivity index (χ2n) is 4.97. The normalized spacial score (nSPS) is 15.9. The van der Waals surface area contributed by atoms with Gasteiger partial charge in [-0.3, -0.25) is 10.1 Å². The van der Waals surface area contributed by atoms with Crippen LogP contribution in [0.2, 0.25) is 0 Å². The highest BCUT2D eigenvalue weighted by molar-refractivity contribution is 5.58. The lowest BCUT2D eigenvalue weighted by Gasteiger charge is -2.15. The number of hydrogen-bond acceptors (Lipinski definition) is 5. The average molecular weight is 266 g/mol. The molecule has 0 amide bonds. The van der Waals surface area contributed by atoms with E-state index in [1.54, 1.807) is 12.1 Å². The van der Waals surface area contributed by atoms with Gasteiger partial charge in [-0.15, -0.1) is 0 Å². The Morgan fingerprint density at radius 1 is 1.53 bits per heavy atom. The summed E-state index contributed by atoms with van der Waals surface area (Å²) in [6.45, 7) is 0.972. The Kier molecular flexibility index (Phi) is 3.90. The van der Waals surface area contributed by atoms with Gasteiger partial charge in [0, 0.05) is 31.0 Å². The lowest BCUT2D eigenvalue weighted by atomic mass is 10.0. The van der Waals surface area contributed by atoms with Gasteiger partial charge in [0.2, 0.25) is 0 Å². The Labute approximate surface area is 111 Å². The number of aliphatic hydroxyl groups is 1. The molecule has 19 heavy (non-hydrogen) atoms. The molecule has 1 fully saturated rings. The topological polar surface area (TPSA) is 84.6 Å². The van der Waals surface area contributed by atoms with Crippen molar-refractivity contribution in [1.82, 2.24) is 0 Å². The van der Waals surface area contributed by atoms with Crippen molar-refractivity contribution in [2.75, 3.05) is 25.6 Å². The highest BCUT2D eigenvalue weighted by atomic mass is 16.6. The van der Waals surface area contributed by atoms with Gasteiger partial charge in [0.1, 0.15) is 0 Å². The number of nitrogens with one attached hydrogen (secondary N) is 1. The molecular formula is C13H18N2O4. The maximum absolute atomic E-state index is 10.8. The summed E-state index contributed by atoms with van der Waals surface area (Å²) < 4.78 is 5.02. The van der Waals surface area contributed by atoms with Crippen LogP contribution in [0.4, 0.5) is 11.4 Å². The van der Waals surface area contributed by atoms with Crippen LogP contribution >= 0.6 is 0 Å². The second kappa shape index (κ2) is 5.44. The van der Waals surface area contributed by atoms with Crippen LogP contribution < -0.4 is 10.1 Å². The minimum Gasteiger partial charge on any atom is -0.490 e. The molecule has 0 aromatic heterocycles. The standard InChI is InChI=1S/C13H18N2O4/c1-19-12-8-10(2-3-11(12)15(17)18)14-9-13(4-5-13)6-7-16/h2-3,8,14,16H,4-7,9H2,1H3. The maximum atomic E-state index is 10.8. The van der Waals surface area contributed by atoms with Crippen molar-refractivity contribution in [2.45, 2.75) is 19.3 Å². The third-order valence-corrected chi connectivity index (χ3v) is 3.64. The average Bonchev–Trinajstić information content (AvgIpc) is 3.16. The van der Waals surface area contributed by atoms with E-state index in [4.69, 9.17) is 9.84 Å². The van der Waals surface area contributed by atoms with Gasteiger partial charge < -0.3 is 15.2 Å². The fourth-order valence-corrected chi connectivity index (χ4v) is 2.16. The van der Waals surface area contributed by atoms with E-state index in [0.29, 0.717) is 0 Å². The van der Waals surface area contributed by atoms with E-state index in [-0.39, 0.29) is 23.5 Å². The first-order valence-electron chi connectivity index (χ1n) is 6.27. The van der Waals surface area contributed by atoms with Crippen molar-refractivity contribution >= 4 is 11.4 Å². The molecule has 2 rings (SSSR count). The predicted octanol–water partition coefficient (Wildman–Crippen LogP) is 2.18. The zero-order chi connectivity index (χ0) is 13.9. The van der Waals surface area contributed by atoms with Crippen molar-refractivity contribution in [3.05, 3.63) is 28.3 Å². The first-order valence-corrected chi connectivity index (χ1v) is 6.27. The molecule has 1 aromatic carbocycles. The Morgan fingerprint density at radius 2 is 2.26 bits per heavy atom. The smallest absolute Gasteiger partial charge is 0.311 e. The number of ether oxygens (including phenoxy) is 1. The fraction of sp³-hybridized carbons (Fsp3) is 0.538. The highest BCUT2D eigenvalue weighted by Gasteiger charge is 2.41. The molecule has 1 aliphatic carbocycles. The van der Waals surface area contributed by atoms with Crippen LogP contribution in [-0.4, -0.2) is 30.3 Å². The molecule has 6 nitrogen and oxygen atoms in total. The van der Waals surface area contributed by atoms with E-state index in [0.717, 1.165) is 31.5 Å². The summed E-state index contributed by atoms with van der Waals surface area (Å²) in [4.78, 5) is 10.3. The van der Waals surface area contributed by atoms with E-state index < -0.39 is 4.92 Å². The molecule has 0 aliphatic heterocycles. The van der Waals surface area contributed by atoms with Crippen molar-refractivity contribution in [3.63, 3.8) is 0 Å². The summed E-state index contributed by atoms with van der Waals surface area (Å²) in [6, 6.07) is 4.75. The Balaban J connectivity index is 2.03. The third kappa shape index (κ3) is 3.14. The molecule has 0 heterocycles. The first-order chi connectivity index (χ1) is 9.10. The van der Waals surface area contributed by atoms with Crippen LogP contribution in [0.25, 0.3) is 0 Å². The SMILES string of the molecule is COc1cc(NCC2(CCO)CC2)ccc1[N+](=O)[O-]. The van der Waals surface area contributed by atoms with Crippen molar-refractivity contribution in [2.24, 2.45) is 5.41 Å². The Morgan fingerprint density at radius 3 is 2.79 bits per heavy atom. The molecule has 1 aliphatic rings. The quantitative estimate of drug-likeness (QED) is 0.583. The number of aliphatic hydroxyl groups excluding tert-OH is 1. The summed E-state index contributed by atoms with van der Waals surface area (Å²) in [5.41, 5.74) is 0.959. The predicted molar refractivity (Wildman–Crippen MR) is 71.5 cm³/mol. The van der Waals surface area contributed by atoms with E-state index in [1.807, 2.05) is 0 Å². The maximum Gasteiger partial charge on any atom is 0.311 e. The highest BCUT2D eigenvalue weighted by Crippen LogP contribution is 2.48. The molecule has 1 saturated carbocycles. The molecule has 0 spiro atoms. The zero-order valence-electron chi connectivity index (χ0n) is 10.9. The van der Waals surface area contributed by atoms with Gasteiger partial charge in [-0.1, -0.05) is 0 Å². The van der Waals surface area contributed by atoms with Gasteiger partial charge in [-0.05, 0) is 30.7 Å².